The molecule has 0 saturated carbocycles. The molecule has 0 bridgehead atoms. The van der Waals surface area contributed by atoms with Crippen LogP contribution in [0, 0.1) is 0 Å². The molecule has 0 atom stereocenters. The van der Waals surface area contributed by atoms with E-state index in [1.54, 1.807) is 30.9 Å². The highest BCUT2D eigenvalue weighted by Crippen LogP contribution is 2.52. The van der Waals surface area contributed by atoms with E-state index < -0.39 is 52.6 Å². The van der Waals surface area contributed by atoms with Crippen LogP contribution in [0.25, 0.3) is 6.08 Å². The van der Waals surface area contributed by atoms with Crippen molar-refractivity contribution in [2.75, 3.05) is 6.66 Å². The minimum atomic E-state index is -4.59. The lowest BCUT2D eigenvalue weighted by atomic mass is 10.2. The van der Waals surface area contributed by atoms with E-state index in [-0.39, 0.29) is 0 Å². The zero-order chi connectivity index (χ0) is 33.0. The summed E-state index contributed by atoms with van der Waals surface area (Å²) in [4.78, 5) is 0. The van der Waals surface area contributed by atoms with Gasteiger partial charge in [0.1, 0.15) is 33.3 Å². The molecule has 0 radical (unpaired) electrons. The Kier molecular flexibility index (Phi) is 10.4. The number of benzene rings is 4. The van der Waals surface area contributed by atoms with Gasteiger partial charge in [0, 0.05) is 5.41 Å². The third-order valence-electron chi connectivity index (χ3n) is 6.36. The SMILES string of the molecule is C[P+](c1ccc(C(F)(F)F)cc1)(c1ccc(C(F)(F)F)cc1)c1ccc(C(F)(F)F)cc1.O=S(=O)([O-])C=Cc1ccccc1. The standard InChI is InChI=1S/C22H15F9P.C8H8O3S/c1-32(17-8-2-14(3-9-17)20(23,24)25,18-10-4-15(5-11-18)21(26,27)28)19-12-6-16(7-13-19)22(29,30)31;9-12(10,11)7-6-8-4-2-1-3-5-8/h2-13H,1H3;1-7H,(H,9,10,11)/q+1;/p-1. The molecular formula is C30H22F9O3PS. The Hall–Kier alpha value is -3.67. The van der Waals surface area contributed by atoms with Crippen LogP contribution in [-0.4, -0.2) is 19.6 Å². The van der Waals surface area contributed by atoms with Crippen LogP contribution in [0.5, 0.6) is 0 Å². The Morgan fingerprint density at radius 3 is 1.09 bits per heavy atom. The number of hydrogen-bond acceptors (Lipinski definition) is 3. The second kappa shape index (κ2) is 13.1. The van der Waals surface area contributed by atoms with Crippen LogP contribution in [0.3, 0.4) is 0 Å². The second-order valence-corrected chi connectivity index (χ2v) is 14.2. The molecule has 0 N–H and O–H groups in total. The molecule has 4 rings (SSSR count). The summed E-state index contributed by atoms with van der Waals surface area (Å²) in [6.45, 7) is 1.64. The molecule has 0 aliphatic heterocycles. The van der Waals surface area contributed by atoms with Crippen LogP contribution < -0.4 is 15.9 Å². The first-order chi connectivity index (χ1) is 20.2. The highest BCUT2D eigenvalue weighted by atomic mass is 32.2. The van der Waals surface area contributed by atoms with Crippen LogP contribution in [-0.2, 0) is 28.6 Å². The highest BCUT2D eigenvalue weighted by Gasteiger charge is 2.43. The maximum atomic E-state index is 13.0. The van der Waals surface area contributed by atoms with Crippen molar-refractivity contribution in [2.45, 2.75) is 18.5 Å². The van der Waals surface area contributed by atoms with Crippen LogP contribution in [0.2, 0.25) is 0 Å². The maximum Gasteiger partial charge on any atom is 0.416 e. The molecule has 0 aliphatic carbocycles. The molecule has 4 aromatic carbocycles. The number of hydrogen-bond donors (Lipinski definition) is 0. The summed E-state index contributed by atoms with van der Waals surface area (Å²) in [6, 6.07) is 21.1. The van der Waals surface area contributed by atoms with E-state index in [2.05, 4.69) is 0 Å². The van der Waals surface area contributed by atoms with Crippen molar-refractivity contribution in [1.82, 2.24) is 0 Å². The first-order valence-corrected chi connectivity index (χ1v) is 16.0. The van der Waals surface area contributed by atoms with Crippen molar-refractivity contribution in [1.29, 1.82) is 0 Å². The molecule has 0 heterocycles. The van der Waals surface area contributed by atoms with Gasteiger partial charge in [0.15, 0.2) is 0 Å². The molecule has 0 amide bonds. The van der Waals surface area contributed by atoms with Crippen LogP contribution in [0.1, 0.15) is 22.3 Å². The lowest BCUT2D eigenvalue weighted by Gasteiger charge is -2.24. The average molecular weight is 665 g/mol. The molecule has 14 heteroatoms. The summed E-state index contributed by atoms with van der Waals surface area (Å²) in [5, 5.41) is 1.78. The van der Waals surface area contributed by atoms with E-state index in [0.29, 0.717) is 26.9 Å². The van der Waals surface area contributed by atoms with Crippen molar-refractivity contribution >= 4 is 39.4 Å². The highest BCUT2D eigenvalue weighted by molar-refractivity contribution is 7.95. The average Bonchev–Trinajstić information content (AvgIpc) is 2.95. The molecule has 44 heavy (non-hydrogen) atoms. The molecule has 234 valence electrons. The topological polar surface area (TPSA) is 57.2 Å². The van der Waals surface area contributed by atoms with Gasteiger partial charge < -0.3 is 4.55 Å². The van der Waals surface area contributed by atoms with Gasteiger partial charge in [-0.05, 0) is 84.4 Å². The quantitative estimate of drug-likeness (QED) is 0.124. The van der Waals surface area contributed by atoms with Gasteiger partial charge in [-0.15, -0.1) is 0 Å². The molecule has 3 nitrogen and oxygen atoms in total. The van der Waals surface area contributed by atoms with E-state index in [1.165, 1.54) is 42.5 Å². The third-order valence-corrected chi connectivity index (χ3v) is 10.8. The van der Waals surface area contributed by atoms with Crippen LogP contribution in [0.15, 0.2) is 109 Å². The fourth-order valence-electron chi connectivity index (χ4n) is 4.02. The van der Waals surface area contributed by atoms with Gasteiger partial charge in [0.05, 0.1) is 23.4 Å². The Labute approximate surface area is 247 Å². The number of halogens is 9. The normalized spacial score (nSPS) is 13.0. The summed E-state index contributed by atoms with van der Waals surface area (Å²) in [5.74, 6) is 0. The predicted octanol–water partition coefficient (Wildman–Crippen LogP) is 7.87. The summed E-state index contributed by atoms with van der Waals surface area (Å²) >= 11 is 0. The molecule has 0 spiro atoms. The molecular weight excluding hydrogens is 642 g/mol. The first kappa shape index (κ1) is 34.8. The number of rotatable bonds is 5. The Morgan fingerprint density at radius 2 is 0.841 bits per heavy atom. The molecule has 4 aromatic rings. The molecule has 0 unspecified atom stereocenters. The van der Waals surface area contributed by atoms with Gasteiger partial charge in [-0.3, -0.25) is 0 Å². The predicted molar refractivity (Wildman–Crippen MR) is 151 cm³/mol. The van der Waals surface area contributed by atoms with Gasteiger partial charge in [-0.25, -0.2) is 8.42 Å². The Bertz CT molecular complexity index is 1520. The third kappa shape index (κ3) is 9.17. The van der Waals surface area contributed by atoms with E-state index >= 15 is 0 Å². The minimum Gasteiger partial charge on any atom is -0.744 e. The van der Waals surface area contributed by atoms with E-state index in [9.17, 15) is 52.5 Å². The van der Waals surface area contributed by atoms with Crippen LogP contribution >= 0.6 is 7.26 Å². The lowest BCUT2D eigenvalue weighted by molar-refractivity contribution is -0.138. The Morgan fingerprint density at radius 1 is 0.545 bits per heavy atom. The minimum absolute atomic E-state index is 0.380. The summed E-state index contributed by atoms with van der Waals surface area (Å²) in [5.41, 5.74) is -2.04. The van der Waals surface area contributed by atoms with E-state index in [1.807, 2.05) is 6.07 Å². The summed E-state index contributed by atoms with van der Waals surface area (Å²) in [7, 11) is -7.10. The van der Waals surface area contributed by atoms with Crippen molar-refractivity contribution < 1.29 is 52.5 Å². The van der Waals surface area contributed by atoms with Crippen molar-refractivity contribution in [3.63, 3.8) is 0 Å². The van der Waals surface area contributed by atoms with Gasteiger partial charge in [-0.2, -0.15) is 39.5 Å². The zero-order valence-corrected chi connectivity index (χ0v) is 24.2. The Balaban J connectivity index is 0.000000369. The van der Waals surface area contributed by atoms with Crippen molar-refractivity contribution in [3.05, 3.63) is 131 Å². The van der Waals surface area contributed by atoms with Gasteiger partial charge in [0.25, 0.3) is 0 Å². The zero-order valence-electron chi connectivity index (χ0n) is 22.5. The van der Waals surface area contributed by atoms with Crippen LogP contribution in [0.4, 0.5) is 39.5 Å². The summed E-state index contributed by atoms with van der Waals surface area (Å²) < 4.78 is 147. The van der Waals surface area contributed by atoms with E-state index in [4.69, 9.17) is 0 Å². The molecule has 0 saturated heterocycles. The molecule has 0 fully saturated rings. The van der Waals surface area contributed by atoms with E-state index in [0.717, 1.165) is 36.4 Å². The van der Waals surface area contributed by atoms with Gasteiger partial charge in [-0.1, -0.05) is 30.3 Å². The second-order valence-electron chi connectivity index (χ2n) is 9.35. The smallest absolute Gasteiger partial charge is 0.416 e. The molecule has 0 aromatic heterocycles. The number of alkyl halides is 9. The molecule has 0 aliphatic rings. The largest absolute Gasteiger partial charge is 0.744 e. The summed E-state index contributed by atoms with van der Waals surface area (Å²) in [6.07, 6.45) is -12.5. The lowest BCUT2D eigenvalue weighted by Crippen LogP contribution is -2.31. The maximum absolute atomic E-state index is 13.0. The van der Waals surface area contributed by atoms with Crippen molar-refractivity contribution in [3.8, 4) is 0 Å². The fraction of sp³-hybridized carbons (Fsp3) is 0.133. The van der Waals surface area contributed by atoms with Crippen molar-refractivity contribution in [2.24, 2.45) is 0 Å². The first-order valence-electron chi connectivity index (χ1n) is 12.3. The van der Waals surface area contributed by atoms with Gasteiger partial charge in [0.2, 0.25) is 0 Å². The van der Waals surface area contributed by atoms with Gasteiger partial charge >= 0.3 is 18.5 Å². The fourth-order valence-corrected chi connectivity index (χ4v) is 7.47. The monoisotopic (exact) mass is 664 g/mol.